The van der Waals surface area contributed by atoms with Crippen LogP contribution < -0.4 is 14.2 Å². The van der Waals surface area contributed by atoms with Gasteiger partial charge in [0.2, 0.25) is 0 Å². The summed E-state index contributed by atoms with van der Waals surface area (Å²) >= 11 is 10.1. The van der Waals surface area contributed by atoms with E-state index in [1.807, 2.05) is 49.4 Å². The van der Waals surface area contributed by atoms with Crippen molar-refractivity contribution in [1.82, 2.24) is 4.90 Å². The second kappa shape index (κ2) is 11.4. The second-order valence-electron chi connectivity index (χ2n) is 6.35. The van der Waals surface area contributed by atoms with E-state index in [0.29, 0.717) is 47.1 Å². The molecule has 8 heteroatoms. The third kappa shape index (κ3) is 6.12. The van der Waals surface area contributed by atoms with E-state index in [0.717, 1.165) is 15.8 Å². The molecule has 0 unspecified atom stereocenters. The molecule has 0 spiro atoms. The lowest BCUT2D eigenvalue weighted by molar-refractivity contribution is -0.121. The molecule has 1 aliphatic rings. The van der Waals surface area contributed by atoms with Crippen LogP contribution in [0.4, 0.5) is 0 Å². The zero-order valence-electron chi connectivity index (χ0n) is 17.0. The topological polar surface area (TPSA) is 48.0 Å². The summed E-state index contributed by atoms with van der Waals surface area (Å²) in [5.41, 5.74) is 0.808. The molecule has 31 heavy (non-hydrogen) atoms. The number of thiocarbonyl (C=S) groups is 1. The molecule has 2 aromatic carbocycles. The molecule has 1 fully saturated rings. The number of halogens is 1. The molecule has 3 rings (SSSR count). The number of nitrogens with zero attached hydrogens (tertiary/aromatic N) is 1. The van der Waals surface area contributed by atoms with Crippen molar-refractivity contribution in [2.75, 3.05) is 26.4 Å². The van der Waals surface area contributed by atoms with Crippen LogP contribution in [-0.2, 0) is 4.79 Å². The fourth-order valence-electron chi connectivity index (χ4n) is 2.83. The summed E-state index contributed by atoms with van der Waals surface area (Å²) in [6.07, 6.45) is 3.46. The van der Waals surface area contributed by atoms with Gasteiger partial charge < -0.3 is 14.2 Å². The van der Waals surface area contributed by atoms with E-state index in [4.69, 9.17) is 26.4 Å². The monoisotopic (exact) mass is 519 g/mol. The number of rotatable bonds is 10. The molecule has 0 aromatic heterocycles. The Labute approximate surface area is 200 Å². The van der Waals surface area contributed by atoms with Gasteiger partial charge in [0.1, 0.15) is 23.3 Å². The summed E-state index contributed by atoms with van der Waals surface area (Å²) in [6.45, 7) is 7.21. The number of hydrogen-bond donors (Lipinski definition) is 0. The molecule has 0 radical (unpaired) electrons. The predicted molar refractivity (Wildman–Crippen MR) is 133 cm³/mol. The SMILES string of the molecule is C=CCN1C(=O)/C(=C\c2cc(Br)c(OCCOc3ccccc3)c(OCC)c2)SC1=S. The van der Waals surface area contributed by atoms with Crippen molar-refractivity contribution in [2.45, 2.75) is 6.92 Å². The smallest absolute Gasteiger partial charge is 0.266 e. The van der Waals surface area contributed by atoms with Crippen LogP contribution in [0, 0.1) is 0 Å². The van der Waals surface area contributed by atoms with Crippen molar-refractivity contribution in [1.29, 1.82) is 0 Å². The van der Waals surface area contributed by atoms with Gasteiger partial charge in [-0.1, -0.05) is 48.3 Å². The van der Waals surface area contributed by atoms with E-state index in [-0.39, 0.29) is 5.91 Å². The van der Waals surface area contributed by atoms with Crippen LogP contribution in [0.3, 0.4) is 0 Å². The van der Waals surface area contributed by atoms with Crippen molar-refractivity contribution in [3.8, 4) is 17.2 Å². The van der Waals surface area contributed by atoms with Gasteiger partial charge >= 0.3 is 0 Å². The third-order valence-corrected chi connectivity index (χ3v) is 6.12. The molecule has 0 N–H and O–H groups in total. The zero-order valence-corrected chi connectivity index (χ0v) is 20.2. The van der Waals surface area contributed by atoms with Crippen LogP contribution in [0.2, 0.25) is 0 Å². The van der Waals surface area contributed by atoms with Gasteiger partial charge in [-0.15, -0.1) is 6.58 Å². The third-order valence-electron chi connectivity index (χ3n) is 4.16. The molecule has 0 aliphatic carbocycles. The summed E-state index contributed by atoms with van der Waals surface area (Å²) in [5.74, 6) is 1.85. The Kier molecular flexibility index (Phi) is 8.57. The van der Waals surface area contributed by atoms with Gasteiger partial charge in [-0.05, 0) is 58.8 Å². The molecular weight excluding hydrogens is 498 g/mol. The first-order chi connectivity index (χ1) is 15.0. The van der Waals surface area contributed by atoms with Crippen molar-refractivity contribution in [3.05, 3.63) is 70.1 Å². The molecule has 1 aliphatic heterocycles. The van der Waals surface area contributed by atoms with Gasteiger partial charge in [0.15, 0.2) is 11.5 Å². The van der Waals surface area contributed by atoms with E-state index in [9.17, 15) is 4.79 Å². The molecule has 1 saturated heterocycles. The highest BCUT2D eigenvalue weighted by Gasteiger charge is 2.31. The number of hydrogen-bond acceptors (Lipinski definition) is 6. The lowest BCUT2D eigenvalue weighted by Crippen LogP contribution is -2.27. The van der Waals surface area contributed by atoms with E-state index < -0.39 is 0 Å². The highest BCUT2D eigenvalue weighted by molar-refractivity contribution is 9.10. The quantitative estimate of drug-likeness (QED) is 0.174. The highest BCUT2D eigenvalue weighted by Crippen LogP contribution is 2.39. The normalized spacial score (nSPS) is 14.8. The first kappa shape index (κ1) is 23.4. The van der Waals surface area contributed by atoms with Crippen LogP contribution in [0.15, 0.2) is 64.5 Å². The van der Waals surface area contributed by atoms with Gasteiger partial charge in [-0.3, -0.25) is 9.69 Å². The van der Waals surface area contributed by atoms with Gasteiger partial charge in [0, 0.05) is 6.54 Å². The Bertz CT molecular complexity index is 995. The van der Waals surface area contributed by atoms with Crippen molar-refractivity contribution >= 4 is 56.2 Å². The van der Waals surface area contributed by atoms with E-state index >= 15 is 0 Å². The van der Waals surface area contributed by atoms with E-state index in [1.165, 1.54) is 16.7 Å². The lowest BCUT2D eigenvalue weighted by atomic mass is 10.2. The number of ether oxygens (including phenoxy) is 3. The standard InChI is InChI=1S/C23H22BrNO4S2/c1-3-10-25-22(26)20(31-23(25)30)15-16-13-18(24)21(19(14-16)27-4-2)29-12-11-28-17-8-6-5-7-9-17/h3,5-9,13-15H,1,4,10-12H2,2H3/b20-15+. The minimum absolute atomic E-state index is 0.123. The van der Waals surface area contributed by atoms with Crippen molar-refractivity contribution < 1.29 is 19.0 Å². The maximum atomic E-state index is 12.6. The van der Waals surface area contributed by atoms with Crippen LogP contribution >= 0.6 is 39.9 Å². The number of thioether (sulfide) groups is 1. The summed E-state index contributed by atoms with van der Waals surface area (Å²) in [4.78, 5) is 14.7. The van der Waals surface area contributed by atoms with Crippen LogP contribution in [0.25, 0.3) is 6.08 Å². The van der Waals surface area contributed by atoms with Gasteiger partial charge in [0.05, 0.1) is 16.0 Å². The zero-order chi connectivity index (χ0) is 22.2. The summed E-state index contributed by atoms with van der Waals surface area (Å²) in [7, 11) is 0. The molecule has 162 valence electrons. The molecule has 0 bridgehead atoms. The Morgan fingerprint density at radius 3 is 2.61 bits per heavy atom. The largest absolute Gasteiger partial charge is 0.490 e. The van der Waals surface area contributed by atoms with Crippen LogP contribution in [0.1, 0.15) is 12.5 Å². The summed E-state index contributed by atoms with van der Waals surface area (Å²) < 4.78 is 18.6. The van der Waals surface area contributed by atoms with Crippen LogP contribution in [0.5, 0.6) is 17.2 Å². The van der Waals surface area contributed by atoms with Crippen molar-refractivity contribution in [2.24, 2.45) is 0 Å². The molecule has 5 nitrogen and oxygen atoms in total. The molecule has 1 amide bonds. The lowest BCUT2D eigenvalue weighted by Gasteiger charge is -2.15. The Balaban J connectivity index is 1.73. The molecule has 0 atom stereocenters. The number of amides is 1. The van der Waals surface area contributed by atoms with E-state index in [2.05, 4.69) is 22.5 Å². The minimum atomic E-state index is -0.123. The average Bonchev–Trinajstić information content (AvgIpc) is 3.01. The predicted octanol–water partition coefficient (Wildman–Crippen LogP) is 5.69. The number of benzene rings is 2. The Morgan fingerprint density at radius 2 is 1.90 bits per heavy atom. The summed E-state index contributed by atoms with van der Waals surface area (Å²) in [6, 6.07) is 13.3. The fraction of sp³-hybridized carbons (Fsp3) is 0.217. The maximum Gasteiger partial charge on any atom is 0.266 e. The van der Waals surface area contributed by atoms with Gasteiger partial charge in [0.25, 0.3) is 5.91 Å². The molecular formula is C23H22BrNO4S2. The maximum absolute atomic E-state index is 12.6. The summed E-state index contributed by atoms with van der Waals surface area (Å²) in [5, 5.41) is 0. The molecule has 0 saturated carbocycles. The first-order valence-electron chi connectivity index (χ1n) is 9.66. The van der Waals surface area contributed by atoms with Crippen LogP contribution in [-0.4, -0.2) is 41.5 Å². The molecule has 1 heterocycles. The highest BCUT2D eigenvalue weighted by atomic mass is 79.9. The first-order valence-corrected chi connectivity index (χ1v) is 11.7. The Morgan fingerprint density at radius 1 is 1.16 bits per heavy atom. The Hall–Kier alpha value is -2.29. The second-order valence-corrected chi connectivity index (χ2v) is 8.88. The fourth-order valence-corrected chi connectivity index (χ4v) is 4.68. The number of carbonyl (C=O) groups is 1. The number of carbonyl (C=O) groups excluding carboxylic acids is 1. The number of para-hydroxylation sites is 1. The molecule has 2 aromatic rings. The minimum Gasteiger partial charge on any atom is -0.490 e. The average molecular weight is 520 g/mol. The van der Waals surface area contributed by atoms with E-state index in [1.54, 1.807) is 12.2 Å². The van der Waals surface area contributed by atoms with Gasteiger partial charge in [-0.2, -0.15) is 0 Å². The van der Waals surface area contributed by atoms with Crippen molar-refractivity contribution in [3.63, 3.8) is 0 Å². The van der Waals surface area contributed by atoms with Gasteiger partial charge in [-0.25, -0.2) is 0 Å².